The van der Waals surface area contributed by atoms with Crippen molar-refractivity contribution in [2.24, 2.45) is 5.92 Å². The van der Waals surface area contributed by atoms with E-state index >= 15 is 0 Å². The van der Waals surface area contributed by atoms with Crippen molar-refractivity contribution >= 4 is 23.2 Å². The zero-order valence-electron chi connectivity index (χ0n) is 13.1. The van der Waals surface area contributed by atoms with Crippen molar-refractivity contribution in [2.45, 2.75) is 13.3 Å². The number of amides is 2. The predicted octanol–water partition coefficient (Wildman–Crippen LogP) is 3.26. The number of hydrogen-bond donors (Lipinski definition) is 1. The third-order valence-electron chi connectivity index (χ3n) is 4.03. The summed E-state index contributed by atoms with van der Waals surface area (Å²) in [6.45, 7) is 2.21. The summed E-state index contributed by atoms with van der Waals surface area (Å²) in [6.07, 6.45) is 0.0867. The van der Waals surface area contributed by atoms with Crippen LogP contribution in [0.5, 0.6) is 0 Å². The molecule has 2 aromatic rings. The average Bonchev–Trinajstić information content (AvgIpc) is 2.94. The Morgan fingerprint density at radius 3 is 2.50 bits per heavy atom. The maximum Gasteiger partial charge on any atom is 0.229 e. The fourth-order valence-corrected chi connectivity index (χ4v) is 2.68. The van der Waals surface area contributed by atoms with Gasteiger partial charge in [0.2, 0.25) is 11.8 Å². The van der Waals surface area contributed by atoms with E-state index in [2.05, 4.69) is 5.32 Å². The Balaban J connectivity index is 1.69. The van der Waals surface area contributed by atoms with E-state index in [-0.39, 0.29) is 30.5 Å². The summed E-state index contributed by atoms with van der Waals surface area (Å²) >= 11 is 0. The number of halogens is 2. The highest BCUT2D eigenvalue weighted by molar-refractivity contribution is 6.03. The van der Waals surface area contributed by atoms with Crippen molar-refractivity contribution in [3.8, 4) is 0 Å². The van der Waals surface area contributed by atoms with Crippen molar-refractivity contribution in [3.63, 3.8) is 0 Å². The van der Waals surface area contributed by atoms with E-state index in [1.54, 1.807) is 4.90 Å². The molecule has 24 heavy (non-hydrogen) atoms. The van der Waals surface area contributed by atoms with E-state index in [1.165, 1.54) is 6.07 Å². The van der Waals surface area contributed by atoms with Crippen LogP contribution < -0.4 is 10.2 Å². The van der Waals surface area contributed by atoms with Gasteiger partial charge in [0.15, 0.2) is 11.6 Å². The minimum absolute atomic E-state index is 0.0867. The number of carbonyl (C=O) groups excluding carboxylic acids is 2. The van der Waals surface area contributed by atoms with Gasteiger partial charge >= 0.3 is 0 Å². The lowest BCUT2D eigenvalue weighted by Gasteiger charge is -2.17. The van der Waals surface area contributed by atoms with Crippen molar-refractivity contribution < 1.29 is 18.4 Å². The number of benzene rings is 2. The van der Waals surface area contributed by atoms with Crippen LogP contribution in [0.3, 0.4) is 0 Å². The maximum atomic E-state index is 13.2. The standard InChI is InChI=1S/C18H16F2N2O2/c1-11-2-5-14(6-3-11)22-10-12(8-17(22)23)18(24)21-13-4-7-15(19)16(20)9-13/h2-7,9,12H,8,10H2,1H3,(H,21,24). The second-order valence-electron chi connectivity index (χ2n) is 5.86. The molecule has 2 aromatic carbocycles. The molecule has 3 rings (SSSR count). The molecule has 124 valence electrons. The largest absolute Gasteiger partial charge is 0.326 e. The van der Waals surface area contributed by atoms with Gasteiger partial charge in [0.05, 0.1) is 5.92 Å². The summed E-state index contributed by atoms with van der Waals surface area (Å²) in [5.74, 6) is -3.06. The summed E-state index contributed by atoms with van der Waals surface area (Å²) < 4.78 is 26.1. The van der Waals surface area contributed by atoms with Crippen LogP contribution in [0.25, 0.3) is 0 Å². The number of nitrogens with one attached hydrogen (secondary N) is 1. The van der Waals surface area contributed by atoms with E-state index in [0.717, 1.165) is 23.4 Å². The highest BCUT2D eigenvalue weighted by Crippen LogP contribution is 2.26. The molecule has 2 amide bonds. The molecule has 1 atom stereocenters. The molecule has 0 saturated carbocycles. The molecule has 0 spiro atoms. The van der Waals surface area contributed by atoms with Crippen LogP contribution in [-0.4, -0.2) is 18.4 Å². The normalized spacial score (nSPS) is 17.2. The van der Waals surface area contributed by atoms with Crippen LogP contribution in [0.2, 0.25) is 0 Å². The van der Waals surface area contributed by atoms with Crippen molar-refractivity contribution in [2.75, 3.05) is 16.8 Å². The zero-order valence-corrected chi connectivity index (χ0v) is 13.1. The highest BCUT2D eigenvalue weighted by atomic mass is 19.2. The van der Waals surface area contributed by atoms with Gasteiger partial charge in [0.1, 0.15) is 0 Å². The molecule has 1 saturated heterocycles. The molecule has 0 radical (unpaired) electrons. The Labute approximate surface area is 138 Å². The first-order valence-corrected chi connectivity index (χ1v) is 7.57. The lowest BCUT2D eigenvalue weighted by atomic mass is 10.1. The molecule has 6 heteroatoms. The topological polar surface area (TPSA) is 49.4 Å². The van der Waals surface area contributed by atoms with Crippen molar-refractivity contribution in [3.05, 3.63) is 59.7 Å². The summed E-state index contributed by atoms with van der Waals surface area (Å²) in [7, 11) is 0. The number of nitrogens with zero attached hydrogens (tertiary/aromatic N) is 1. The molecular weight excluding hydrogens is 314 g/mol. The maximum absolute atomic E-state index is 13.2. The van der Waals surface area contributed by atoms with E-state index in [1.807, 2.05) is 31.2 Å². The SMILES string of the molecule is Cc1ccc(N2CC(C(=O)Nc3ccc(F)c(F)c3)CC2=O)cc1. The van der Waals surface area contributed by atoms with Crippen LogP contribution in [0.1, 0.15) is 12.0 Å². The molecule has 1 aliphatic rings. The van der Waals surface area contributed by atoms with Crippen LogP contribution >= 0.6 is 0 Å². The monoisotopic (exact) mass is 330 g/mol. The minimum atomic E-state index is -1.03. The van der Waals surface area contributed by atoms with Gasteiger partial charge in [-0.15, -0.1) is 0 Å². The van der Waals surface area contributed by atoms with Gasteiger partial charge in [-0.2, -0.15) is 0 Å². The van der Waals surface area contributed by atoms with Gasteiger partial charge in [0, 0.05) is 30.4 Å². The Hall–Kier alpha value is -2.76. The lowest BCUT2D eigenvalue weighted by molar-refractivity contribution is -0.122. The molecule has 0 aromatic heterocycles. The third kappa shape index (κ3) is 3.27. The van der Waals surface area contributed by atoms with Crippen molar-refractivity contribution in [1.29, 1.82) is 0 Å². The number of hydrogen-bond acceptors (Lipinski definition) is 2. The highest BCUT2D eigenvalue weighted by Gasteiger charge is 2.35. The Morgan fingerprint density at radius 1 is 1.12 bits per heavy atom. The van der Waals surface area contributed by atoms with Gasteiger partial charge in [-0.05, 0) is 31.2 Å². The summed E-state index contributed by atoms with van der Waals surface area (Å²) in [4.78, 5) is 26.0. The zero-order chi connectivity index (χ0) is 17.3. The Morgan fingerprint density at radius 2 is 1.83 bits per heavy atom. The quantitative estimate of drug-likeness (QED) is 0.939. The molecular formula is C18H16F2N2O2. The number of rotatable bonds is 3. The van der Waals surface area contributed by atoms with Crippen molar-refractivity contribution in [1.82, 2.24) is 0 Å². The first-order chi connectivity index (χ1) is 11.4. The Bertz CT molecular complexity index is 790. The number of carbonyl (C=O) groups is 2. The van der Waals surface area contributed by atoms with Crippen LogP contribution in [0.4, 0.5) is 20.2 Å². The first kappa shape index (κ1) is 16.1. The molecule has 1 aliphatic heterocycles. The molecule has 1 heterocycles. The first-order valence-electron chi connectivity index (χ1n) is 7.57. The van der Waals surface area contributed by atoms with E-state index < -0.39 is 17.6 Å². The fourth-order valence-electron chi connectivity index (χ4n) is 2.68. The number of anilines is 2. The molecule has 1 N–H and O–H groups in total. The van der Waals surface area contributed by atoms with Gasteiger partial charge < -0.3 is 10.2 Å². The van der Waals surface area contributed by atoms with Crippen LogP contribution in [0, 0.1) is 24.5 Å². The van der Waals surface area contributed by atoms with Gasteiger partial charge in [-0.1, -0.05) is 17.7 Å². The molecule has 4 nitrogen and oxygen atoms in total. The van der Waals surface area contributed by atoms with E-state index in [9.17, 15) is 18.4 Å². The van der Waals surface area contributed by atoms with Gasteiger partial charge in [0.25, 0.3) is 0 Å². The van der Waals surface area contributed by atoms with Crippen LogP contribution in [0.15, 0.2) is 42.5 Å². The Kier molecular flexibility index (Phi) is 4.29. The molecule has 1 fully saturated rings. The fraction of sp³-hybridized carbons (Fsp3) is 0.222. The second kappa shape index (κ2) is 6.39. The average molecular weight is 330 g/mol. The van der Waals surface area contributed by atoms with Crippen LogP contribution in [-0.2, 0) is 9.59 Å². The summed E-state index contributed by atoms with van der Waals surface area (Å²) in [5, 5.41) is 2.53. The molecule has 0 bridgehead atoms. The molecule has 1 unspecified atom stereocenters. The van der Waals surface area contributed by atoms with E-state index in [4.69, 9.17) is 0 Å². The second-order valence-corrected chi connectivity index (χ2v) is 5.86. The van der Waals surface area contributed by atoms with E-state index in [0.29, 0.717) is 0 Å². The minimum Gasteiger partial charge on any atom is -0.326 e. The van der Waals surface area contributed by atoms with Gasteiger partial charge in [-0.25, -0.2) is 8.78 Å². The molecule has 0 aliphatic carbocycles. The summed E-state index contributed by atoms with van der Waals surface area (Å²) in [5.41, 5.74) is 1.99. The van der Waals surface area contributed by atoms with Gasteiger partial charge in [-0.3, -0.25) is 9.59 Å². The number of aryl methyl sites for hydroxylation is 1. The third-order valence-corrected chi connectivity index (χ3v) is 4.03. The summed E-state index contributed by atoms with van der Waals surface area (Å²) in [6, 6.07) is 10.6. The lowest BCUT2D eigenvalue weighted by Crippen LogP contribution is -2.28. The smallest absolute Gasteiger partial charge is 0.229 e. The predicted molar refractivity (Wildman–Crippen MR) is 86.6 cm³/mol.